The third kappa shape index (κ3) is 3.29. The van der Waals surface area contributed by atoms with Crippen LogP contribution in [-0.2, 0) is 4.79 Å². The summed E-state index contributed by atoms with van der Waals surface area (Å²) in [4.78, 5) is 17.4. The third-order valence-electron chi connectivity index (χ3n) is 4.96. The number of fused-ring (bicyclic) bond motifs is 2. The Balaban J connectivity index is 1.38. The van der Waals surface area contributed by atoms with Gasteiger partial charge in [0.25, 0.3) is 5.91 Å². The number of benzene rings is 2. The lowest BCUT2D eigenvalue weighted by Crippen LogP contribution is -2.40. The van der Waals surface area contributed by atoms with E-state index in [2.05, 4.69) is 10.3 Å². The molecule has 6 nitrogen and oxygen atoms in total. The molecule has 0 spiro atoms. The van der Waals surface area contributed by atoms with Crippen LogP contribution in [0.1, 0.15) is 5.56 Å². The molecule has 1 aliphatic rings. The Morgan fingerprint density at radius 2 is 1.93 bits per heavy atom. The van der Waals surface area contributed by atoms with Gasteiger partial charge in [0.2, 0.25) is 6.10 Å². The molecule has 0 aliphatic carbocycles. The van der Waals surface area contributed by atoms with Gasteiger partial charge in [-0.15, -0.1) is 0 Å². The molecule has 0 radical (unpaired) electrons. The molecule has 1 N–H and O–H groups in total. The van der Waals surface area contributed by atoms with Crippen molar-refractivity contribution in [3.8, 4) is 22.8 Å². The summed E-state index contributed by atoms with van der Waals surface area (Å²) in [5, 5.41) is 2.98. The van der Waals surface area contributed by atoms with E-state index in [0.29, 0.717) is 11.5 Å². The van der Waals surface area contributed by atoms with Gasteiger partial charge in [0.15, 0.2) is 11.5 Å². The van der Waals surface area contributed by atoms with E-state index in [0.717, 1.165) is 28.2 Å². The van der Waals surface area contributed by atoms with Gasteiger partial charge in [-0.1, -0.05) is 30.3 Å². The number of hydrogen-bond donors (Lipinski definition) is 1. The molecule has 1 amide bonds. The van der Waals surface area contributed by atoms with Crippen LogP contribution in [0.15, 0.2) is 73.1 Å². The zero-order valence-corrected chi connectivity index (χ0v) is 15.8. The number of rotatable bonds is 3. The number of carbonyl (C=O) groups is 1. The highest BCUT2D eigenvalue weighted by Crippen LogP contribution is 2.31. The van der Waals surface area contributed by atoms with Gasteiger partial charge in [-0.3, -0.25) is 4.79 Å². The van der Waals surface area contributed by atoms with E-state index in [-0.39, 0.29) is 12.5 Å². The number of nitrogens with zero attached hydrogens (tertiary/aromatic N) is 2. The molecule has 2 aromatic heterocycles. The molecule has 0 saturated carbocycles. The number of para-hydroxylation sites is 2. The first-order valence-electron chi connectivity index (χ1n) is 9.41. The zero-order chi connectivity index (χ0) is 19.8. The first-order valence-corrected chi connectivity index (χ1v) is 9.41. The fourth-order valence-electron chi connectivity index (χ4n) is 3.35. The number of ether oxygens (including phenoxy) is 2. The van der Waals surface area contributed by atoms with Crippen molar-refractivity contribution in [3.63, 3.8) is 0 Å². The molecule has 0 saturated heterocycles. The molecule has 144 valence electrons. The van der Waals surface area contributed by atoms with Gasteiger partial charge in [-0.25, -0.2) is 4.98 Å². The summed E-state index contributed by atoms with van der Waals surface area (Å²) in [6, 6.07) is 19.1. The maximum atomic E-state index is 12.8. The molecule has 1 atom stereocenters. The predicted octanol–water partition coefficient (Wildman–Crippen LogP) is 4.09. The molecular weight excluding hydrogens is 366 g/mol. The van der Waals surface area contributed by atoms with Crippen LogP contribution in [0.5, 0.6) is 11.5 Å². The lowest BCUT2D eigenvalue weighted by Gasteiger charge is -2.25. The average molecular weight is 385 g/mol. The highest BCUT2D eigenvalue weighted by molar-refractivity contribution is 5.96. The number of imidazole rings is 1. The predicted molar refractivity (Wildman–Crippen MR) is 110 cm³/mol. The molecule has 1 aliphatic heterocycles. The Labute approximate surface area is 167 Å². The number of aromatic nitrogens is 2. The minimum atomic E-state index is -0.705. The van der Waals surface area contributed by atoms with Crippen molar-refractivity contribution in [1.82, 2.24) is 9.38 Å². The average Bonchev–Trinajstić information content (AvgIpc) is 3.19. The van der Waals surface area contributed by atoms with Gasteiger partial charge in [0.05, 0.1) is 5.69 Å². The van der Waals surface area contributed by atoms with E-state index in [1.165, 1.54) is 0 Å². The fraction of sp³-hybridized carbons (Fsp3) is 0.130. The van der Waals surface area contributed by atoms with Gasteiger partial charge in [-0.2, -0.15) is 0 Å². The van der Waals surface area contributed by atoms with Crippen molar-refractivity contribution >= 4 is 17.2 Å². The zero-order valence-electron chi connectivity index (χ0n) is 15.8. The molecule has 6 heteroatoms. The van der Waals surface area contributed by atoms with Crippen LogP contribution in [0.25, 0.3) is 16.9 Å². The second kappa shape index (κ2) is 6.98. The van der Waals surface area contributed by atoms with Gasteiger partial charge < -0.3 is 19.2 Å². The van der Waals surface area contributed by atoms with Crippen LogP contribution in [0.2, 0.25) is 0 Å². The second-order valence-electron chi connectivity index (χ2n) is 6.98. The number of aryl methyl sites for hydroxylation is 1. The van der Waals surface area contributed by atoms with E-state index in [9.17, 15) is 4.79 Å². The maximum absolute atomic E-state index is 12.8. The Bertz CT molecular complexity index is 1180. The first kappa shape index (κ1) is 17.3. The molecule has 5 rings (SSSR count). The molecule has 2 aromatic carbocycles. The monoisotopic (exact) mass is 385 g/mol. The smallest absolute Gasteiger partial charge is 0.269 e. The summed E-state index contributed by atoms with van der Waals surface area (Å²) in [6.45, 7) is 2.13. The van der Waals surface area contributed by atoms with Crippen LogP contribution in [0.3, 0.4) is 0 Å². The normalized spacial score (nSPS) is 15.3. The van der Waals surface area contributed by atoms with Crippen molar-refractivity contribution in [2.45, 2.75) is 13.0 Å². The second-order valence-corrected chi connectivity index (χ2v) is 6.98. The molecule has 29 heavy (non-hydrogen) atoms. The van der Waals surface area contributed by atoms with Gasteiger partial charge in [-0.05, 0) is 42.8 Å². The molecule has 0 unspecified atom stereocenters. The first-order chi connectivity index (χ1) is 14.2. The van der Waals surface area contributed by atoms with Crippen LogP contribution < -0.4 is 14.8 Å². The molecule has 3 heterocycles. The van der Waals surface area contributed by atoms with Crippen LogP contribution in [-0.4, -0.2) is 28.0 Å². The number of hydrogen-bond acceptors (Lipinski definition) is 4. The number of pyridine rings is 1. The summed E-state index contributed by atoms with van der Waals surface area (Å²) >= 11 is 0. The Morgan fingerprint density at radius 3 is 2.79 bits per heavy atom. The lowest BCUT2D eigenvalue weighted by atomic mass is 10.1. The van der Waals surface area contributed by atoms with E-state index in [1.54, 1.807) is 6.07 Å². The largest absolute Gasteiger partial charge is 0.485 e. The van der Waals surface area contributed by atoms with Crippen molar-refractivity contribution in [2.24, 2.45) is 0 Å². The maximum Gasteiger partial charge on any atom is 0.269 e. The van der Waals surface area contributed by atoms with E-state index in [1.807, 2.05) is 78.3 Å². The molecule has 0 bridgehead atoms. The minimum absolute atomic E-state index is 0.175. The summed E-state index contributed by atoms with van der Waals surface area (Å²) in [5.74, 6) is 0.991. The van der Waals surface area contributed by atoms with Crippen LogP contribution >= 0.6 is 0 Å². The number of nitrogens with one attached hydrogen (secondary N) is 1. The quantitative estimate of drug-likeness (QED) is 0.577. The van der Waals surface area contributed by atoms with Crippen molar-refractivity contribution < 1.29 is 14.3 Å². The van der Waals surface area contributed by atoms with Crippen molar-refractivity contribution in [2.75, 3.05) is 11.9 Å². The van der Waals surface area contributed by atoms with Crippen molar-refractivity contribution in [1.29, 1.82) is 0 Å². The number of carbonyl (C=O) groups excluding carboxylic acids is 1. The van der Waals surface area contributed by atoms with Crippen LogP contribution in [0, 0.1) is 6.92 Å². The molecule has 0 fully saturated rings. The SMILES string of the molecule is Cc1ccc(-c2cn3ccccc3n2)cc1NC(=O)[C@@H]1COc2ccccc2O1. The van der Waals surface area contributed by atoms with Crippen molar-refractivity contribution in [3.05, 3.63) is 78.6 Å². The van der Waals surface area contributed by atoms with E-state index < -0.39 is 6.10 Å². The standard InChI is InChI=1S/C23H19N3O3/c1-15-9-10-16(18-13-26-11-5-4-8-22(26)24-18)12-17(15)25-23(27)21-14-28-19-6-2-3-7-20(19)29-21/h2-13,21H,14H2,1H3,(H,25,27)/t21-/m0/s1. The third-order valence-corrected chi connectivity index (χ3v) is 4.96. The molecular formula is C23H19N3O3. The Kier molecular flexibility index (Phi) is 4.17. The summed E-state index contributed by atoms with van der Waals surface area (Å²) < 4.78 is 13.4. The summed E-state index contributed by atoms with van der Waals surface area (Å²) in [6.07, 6.45) is 3.23. The van der Waals surface area contributed by atoms with Crippen LogP contribution in [0.4, 0.5) is 5.69 Å². The highest BCUT2D eigenvalue weighted by Gasteiger charge is 2.27. The van der Waals surface area contributed by atoms with E-state index >= 15 is 0 Å². The fourth-order valence-corrected chi connectivity index (χ4v) is 3.35. The van der Waals surface area contributed by atoms with Gasteiger partial charge in [0, 0.05) is 23.6 Å². The topological polar surface area (TPSA) is 64.9 Å². The number of amides is 1. The van der Waals surface area contributed by atoms with Gasteiger partial charge >= 0.3 is 0 Å². The Morgan fingerprint density at radius 1 is 1.10 bits per heavy atom. The molecule has 4 aromatic rings. The highest BCUT2D eigenvalue weighted by atomic mass is 16.6. The summed E-state index contributed by atoms with van der Waals surface area (Å²) in [5.41, 5.74) is 4.34. The number of anilines is 1. The van der Waals surface area contributed by atoms with E-state index in [4.69, 9.17) is 9.47 Å². The lowest BCUT2D eigenvalue weighted by molar-refractivity contribution is -0.125. The van der Waals surface area contributed by atoms with Gasteiger partial charge in [0.1, 0.15) is 12.3 Å². The Hall–Kier alpha value is -3.80. The summed E-state index contributed by atoms with van der Waals surface area (Å²) in [7, 11) is 0. The minimum Gasteiger partial charge on any atom is -0.485 e.